The van der Waals surface area contributed by atoms with Crippen molar-refractivity contribution in [2.45, 2.75) is 0 Å². The van der Waals surface area contributed by atoms with Crippen LogP contribution in [0.5, 0.6) is 0 Å². The van der Waals surface area contributed by atoms with Gasteiger partial charge in [0, 0.05) is 48.3 Å². The first-order valence-corrected chi connectivity index (χ1v) is 7.95. The van der Waals surface area contributed by atoms with Gasteiger partial charge in [-0.25, -0.2) is 0 Å². The summed E-state index contributed by atoms with van der Waals surface area (Å²) < 4.78 is 0. The van der Waals surface area contributed by atoms with E-state index < -0.39 is 0 Å². The summed E-state index contributed by atoms with van der Waals surface area (Å²) in [6.45, 7) is 0.792. The smallest absolute Gasteiger partial charge is 0.251 e. The van der Waals surface area contributed by atoms with Crippen molar-refractivity contribution in [3.05, 3.63) is 34.9 Å². The first kappa shape index (κ1) is 18.4. The molecular weight excluding hydrogens is 322 g/mol. The van der Waals surface area contributed by atoms with Gasteiger partial charge in [-0.3, -0.25) is 14.4 Å². The van der Waals surface area contributed by atoms with E-state index in [1.807, 2.05) is 0 Å². The number of hydrogen-bond donors (Lipinski definition) is 5. The summed E-state index contributed by atoms with van der Waals surface area (Å²) in [6, 6.07) is 4.35. The SMILES string of the molecule is CNC(=O)c1cc(C(=O)NCCS)cc(C(=O)NCCS)c1. The number of amides is 3. The second-order valence-corrected chi connectivity index (χ2v) is 5.23. The summed E-state index contributed by atoms with van der Waals surface area (Å²) in [5, 5.41) is 7.78. The molecule has 22 heavy (non-hydrogen) atoms. The molecule has 0 saturated carbocycles. The van der Waals surface area contributed by atoms with Gasteiger partial charge >= 0.3 is 0 Å². The maximum atomic E-state index is 12.0. The lowest BCUT2D eigenvalue weighted by Gasteiger charge is -2.10. The number of thiol groups is 2. The van der Waals surface area contributed by atoms with Crippen LogP contribution in [0.1, 0.15) is 31.1 Å². The van der Waals surface area contributed by atoms with Crippen LogP contribution in [0.4, 0.5) is 0 Å². The van der Waals surface area contributed by atoms with E-state index in [0.29, 0.717) is 24.6 Å². The van der Waals surface area contributed by atoms with Crippen LogP contribution in [0, 0.1) is 0 Å². The van der Waals surface area contributed by atoms with Crippen LogP contribution in [-0.2, 0) is 0 Å². The molecule has 0 spiro atoms. The van der Waals surface area contributed by atoms with Crippen molar-refractivity contribution >= 4 is 43.0 Å². The molecule has 3 amide bonds. The fourth-order valence-corrected chi connectivity index (χ4v) is 1.93. The Hall–Kier alpha value is -1.67. The monoisotopic (exact) mass is 341 g/mol. The normalized spacial score (nSPS) is 9.95. The predicted molar refractivity (Wildman–Crippen MR) is 92.2 cm³/mol. The van der Waals surface area contributed by atoms with E-state index in [2.05, 4.69) is 41.2 Å². The van der Waals surface area contributed by atoms with Crippen molar-refractivity contribution in [3.8, 4) is 0 Å². The Bertz CT molecular complexity index is 526. The highest BCUT2D eigenvalue weighted by Gasteiger charge is 2.15. The Morgan fingerprint density at radius 1 is 0.818 bits per heavy atom. The van der Waals surface area contributed by atoms with E-state index in [4.69, 9.17) is 0 Å². The molecular formula is C14H19N3O3S2. The minimum absolute atomic E-state index is 0.247. The Kier molecular flexibility index (Phi) is 7.83. The highest BCUT2D eigenvalue weighted by molar-refractivity contribution is 7.80. The molecule has 0 fully saturated rings. The second-order valence-electron chi connectivity index (χ2n) is 4.34. The van der Waals surface area contributed by atoms with Crippen LogP contribution in [0.2, 0.25) is 0 Å². The van der Waals surface area contributed by atoms with Crippen LogP contribution in [-0.4, -0.2) is 49.4 Å². The molecule has 0 aliphatic heterocycles. The van der Waals surface area contributed by atoms with Crippen LogP contribution in [0.15, 0.2) is 18.2 Å². The second kappa shape index (κ2) is 9.37. The van der Waals surface area contributed by atoms with Gasteiger partial charge in [-0.2, -0.15) is 25.3 Å². The molecule has 1 aromatic carbocycles. The summed E-state index contributed by atoms with van der Waals surface area (Å²) >= 11 is 8.03. The van der Waals surface area contributed by atoms with Crippen LogP contribution in [0.3, 0.4) is 0 Å². The molecule has 0 saturated heterocycles. The van der Waals surface area contributed by atoms with Crippen molar-refractivity contribution in [1.29, 1.82) is 0 Å². The summed E-state index contributed by atoms with van der Waals surface area (Å²) in [5.74, 6) is -0.0926. The number of nitrogens with one attached hydrogen (secondary N) is 3. The molecule has 1 rings (SSSR count). The third-order valence-corrected chi connectivity index (χ3v) is 3.19. The highest BCUT2D eigenvalue weighted by atomic mass is 32.1. The molecule has 0 aliphatic rings. The number of carbonyl (C=O) groups excluding carboxylic acids is 3. The Morgan fingerprint density at radius 3 is 1.50 bits per heavy atom. The number of hydrogen-bond acceptors (Lipinski definition) is 5. The topological polar surface area (TPSA) is 87.3 Å². The number of benzene rings is 1. The van der Waals surface area contributed by atoms with Gasteiger partial charge in [0.2, 0.25) is 0 Å². The minimum atomic E-state index is -0.368. The molecule has 0 heterocycles. The van der Waals surface area contributed by atoms with Gasteiger partial charge in [0.05, 0.1) is 0 Å². The van der Waals surface area contributed by atoms with Gasteiger partial charge in [0.1, 0.15) is 0 Å². The molecule has 3 N–H and O–H groups in total. The van der Waals surface area contributed by atoms with Crippen LogP contribution in [0.25, 0.3) is 0 Å². The van der Waals surface area contributed by atoms with E-state index in [1.165, 1.54) is 25.2 Å². The third kappa shape index (κ3) is 5.27. The summed E-state index contributed by atoms with van der Waals surface area (Å²) in [4.78, 5) is 35.9. The van der Waals surface area contributed by atoms with Gasteiger partial charge in [0.25, 0.3) is 17.7 Å². The van der Waals surface area contributed by atoms with Crippen molar-refractivity contribution in [3.63, 3.8) is 0 Å². The van der Waals surface area contributed by atoms with Gasteiger partial charge in [-0.1, -0.05) is 0 Å². The molecule has 120 valence electrons. The lowest BCUT2D eigenvalue weighted by atomic mass is 10.0. The van der Waals surface area contributed by atoms with Crippen molar-refractivity contribution in [1.82, 2.24) is 16.0 Å². The molecule has 0 aliphatic carbocycles. The average Bonchev–Trinajstić information content (AvgIpc) is 2.56. The molecule has 0 bridgehead atoms. The zero-order chi connectivity index (χ0) is 16.5. The Morgan fingerprint density at radius 2 is 1.18 bits per heavy atom. The quantitative estimate of drug-likeness (QED) is 0.464. The van der Waals surface area contributed by atoms with Gasteiger partial charge in [0.15, 0.2) is 0 Å². The van der Waals surface area contributed by atoms with E-state index in [-0.39, 0.29) is 34.4 Å². The molecule has 1 aromatic rings. The molecule has 6 nitrogen and oxygen atoms in total. The summed E-state index contributed by atoms with van der Waals surface area (Å²) in [5.41, 5.74) is 0.745. The van der Waals surface area contributed by atoms with Crippen molar-refractivity contribution in [2.24, 2.45) is 0 Å². The summed E-state index contributed by atoms with van der Waals surface area (Å²) in [7, 11) is 1.48. The van der Waals surface area contributed by atoms with E-state index in [1.54, 1.807) is 0 Å². The summed E-state index contributed by atoms with van der Waals surface area (Å²) in [6.07, 6.45) is 0. The Labute approximate surface area is 140 Å². The van der Waals surface area contributed by atoms with Gasteiger partial charge < -0.3 is 16.0 Å². The number of carbonyl (C=O) groups is 3. The zero-order valence-electron chi connectivity index (χ0n) is 12.2. The standard InChI is InChI=1S/C14H19N3O3S2/c1-15-12(18)9-6-10(13(19)16-2-4-21)8-11(7-9)14(20)17-3-5-22/h6-8,21-22H,2-5H2,1H3,(H,15,18)(H,16,19)(H,17,20). The van der Waals surface area contributed by atoms with Gasteiger partial charge in [-0.15, -0.1) is 0 Å². The largest absolute Gasteiger partial charge is 0.355 e. The highest BCUT2D eigenvalue weighted by Crippen LogP contribution is 2.11. The lowest BCUT2D eigenvalue weighted by Crippen LogP contribution is -2.29. The molecule has 0 aromatic heterocycles. The lowest BCUT2D eigenvalue weighted by molar-refractivity contribution is 0.0955. The predicted octanol–water partition coefficient (Wildman–Crippen LogP) is 0.365. The van der Waals surface area contributed by atoms with E-state index in [0.717, 1.165) is 0 Å². The fourth-order valence-electron chi connectivity index (χ4n) is 1.71. The van der Waals surface area contributed by atoms with E-state index >= 15 is 0 Å². The Balaban J connectivity index is 3.12. The van der Waals surface area contributed by atoms with Gasteiger partial charge in [-0.05, 0) is 18.2 Å². The van der Waals surface area contributed by atoms with Crippen LogP contribution >= 0.6 is 25.3 Å². The fraction of sp³-hybridized carbons (Fsp3) is 0.357. The minimum Gasteiger partial charge on any atom is -0.355 e. The molecule has 0 unspecified atom stereocenters. The first-order chi connectivity index (χ1) is 10.5. The maximum absolute atomic E-state index is 12.0. The van der Waals surface area contributed by atoms with Crippen molar-refractivity contribution in [2.75, 3.05) is 31.6 Å². The average molecular weight is 341 g/mol. The molecule has 8 heteroatoms. The zero-order valence-corrected chi connectivity index (χ0v) is 14.0. The van der Waals surface area contributed by atoms with Crippen LogP contribution < -0.4 is 16.0 Å². The van der Waals surface area contributed by atoms with Crippen molar-refractivity contribution < 1.29 is 14.4 Å². The number of rotatable bonds is 7. The third-order valence-electron chi connectivity index (χ3n) is 2.74. The molecule has 0 atom stereocenters. The van der Waals surface area contributed by atoms with E-state index in [9.17, 15) is 14.4 Å². The maximum Gasteiger partial charge on any atom is 0.251 e. The first-order valence-electron chi connectivity index (χ1n) is 6.68. The molecule has 0 radical (unpaired) electrons.